The Bertz CT molecular complexity index is 1010. The molecule has 0 radical (unpaired) electrons. The van der Waals surface area contributed by atoms with Crippen LogP contribution < -0.4 is 16.4 Å². The lowest BCUT2D eigenvalue weighted by atomic mass is 10.0. The van der Waals surface area contributed by atoms with Crippen LogP contribution in [0.4, 0.5) is 0 Å². The van der Waals surface area contributed by atoms with Crippen LogP contribution in [0.1, 0.15) is 18.1 Å². The van der Waals surface area contributed by atoms with E-state index in [9.17, 15) is 14.4 Å². The van der Waals surface area contributed by atoms with Crippen LogP contribution in [-0.2, 0) is 27.2 Å². The lowest BCUT2D eigenvalue weighted by Gasteiger charge is -2.21. The molecule has 0 fully saturated rings. The zero-order chi connectivity index (χ0) is 20.8. The number of fused-ring (bicyclic) bond motifs is 1. The van der Waals surface area contributed by atoms with E-state index in [1.807, 2.05) is 60.8 Å². The van der Waals surface area contributed by atoms with Crippen LogP contribution in [0.2, 0.25) is 0 Å². The van der Waals surface area contributed by atoms with E-state index in [0.717, 1.165) is 22.0 Å². The van der Waals surface area contributed by atoms with Crippen LogP contribution in [0.15, 0.2) is 60.8 Å². The Morgan fingerprint density at radius 3 is 2.31 bits per heavy atom. The highest BCUT2D eigenvalue weighted by molar-refractivity contribution is 5.92. The number of H-pyrrole nitrogens is 1. The summed E-state index contributed by atoms with van der Waals surface area (Å²) in [6.07, 6.45) is 2.37. The molecule has 1 aromatic heterocycles. The van der Waals surface area contributed by atoms with Crippen LogP contribution in [-0.4, -0.2) is 34.8 Å². The summed E-state index contributed by atoms with van der Waals surface area (Å²) in [5.74, 6) is -1.41. The molecule has 0 unspecified atom stereocenters. The van der Waals surface area contributed by atoms with Crippen molar-refractivity contribution < 1.29 is 14.4 Å². The first kappa shape index (κ1) is 20.1. The van der Waals surface area contributed by atoms with E-state index >= 15 is 0 Å². The van der Waals surface area contributed by atoms with Crippen molar-refractivity contribution in [2.75, 3.05) is 0 Å². The molecule has 5 N–H and O–H groups in total. The van der Waals surface area contributed by atoms with Crippen molar-refractivity contribution in [3.63, 3.8) is 0 Å². The third-order valence-electron chi connectivity index (χ3n) is 4.74. The van der Waals surface area contributed by atoms with Gasteiger partial charge in [-0.05, 0) is 17.2 Å². The Labute approximate surface area is 168 Å². The van der Waals surface area contributed by atoms with Crippen LogP contribution >= 0.6 is 0 Å². The maximum Gasteiger partial charge on any atom is 0.243 e. The summed E-state index contributed by atoms with van der Waals surface area (Å²) in [5, 5.41) is 6.32. The molecule has 0 aliphatic rings. The molecule has 0 spiro atoms. The number of hydrogen-bond acceptors (Lipinski definition) is 3. The summed E-state index contributed by atoms with van der Waals surface area (Å²) in [6.45, 7) is 1.35. The van der Waals surface area contributed by atoms with Crippen LogP contribution in [0.25, 0.3) is 10.9 Å². The molecular formula is C22H24N4O3. The SMILES string of the molecule is CC(=O)N[C@@H](Cc1ccccc1)C(=O)N[C@@H](Cc1c[nH]c2ccccc12)C(N)=O. The number of rotatable bonds is 8. The quantitative estimate of drug-likeness (QED) is 0.464. The first-order valence-corrected chi connectivity index (χ1v) is 9.39. The van der Waals surface area contributed by atoms with Gasteiger partial charge in [-0.2, -0.15) is 0 Å². The van der Waals surface area contributed by atoms with Gasteiger partial charge in [-0.3, -0.25) is 14.4 Å². The first-order valence-electron chi connectivity index (χ1n) is 9.39. The molecule has 1 heterocycles. The average Bonchev–Trinajstić information content (AvgIpc) is 3.10. The van der Waals surface area contributed by atoms with Gasteiger partial charge in [0.2, 0.25) is 17.7 Å². The number of para-hydroxylation sites is 1. The number of amides is 3. The van der Waals surface area contributed by atoms with Gasteiger partial charge >= 0.3 is 0 Å². The monoisotopic (exact) mass is 392 g/mol. The number of nitrogens with one attached hydrogen (secondary N) is 3. The Morgan fingerprint density at radius 1 is 0.931 bits per heavy atom. The second-order valence-corrected chi connectivity index (χ2v) is 6.97. The smallest absolute Gasteiger partial charge is 0.243 e. The Hall–Kier alpha value is -3.61. The van der Waals surface area contributed by atoms with Gasteiger partial charge in [-0.1, -0.05) is 48.5 Å². The van der Waals surface area contributed by atoms with Gasteiger partial charge in [0.05, 0.1) is 0 Å². The van der Waals surface area contributed by atoms with E-state index in [4.69, 9.17) is 5.73 Å². The second kappa shape index (κ2) is 9.05. The van der Waals surface area contributed by atoms with Crippen molar-refractivity contribution in [3.05, 3.63) is 71.9 Å². The fraction of sp³-hybridized carbons (Fsp3) is 0.227. The first-order chi connectivity index (χ1) is 13.9. The Balaban J connectivity index is 1.75. The molecule has 7 nitrogen and oxygen atoms in total. The van der Waals surface area contributed by atoms with E-state index in [1.165, 1.54) is 6.92 Å². The minimum Gasteiger partial charge on any atom is -0.368 e. The van der Waals surface area contributed by atoms with Crippen LogP contribution in [0.5, 0.6) is 0 Å². The largest absolute Gasteiger partial charge is 0.368 e. The standard InChI is InChI=1S/C22H24N4O3/c1-14(27)25-20(11-15-7-3-2-4-8-15)22(29)26-19(21(23)28)12-16-13-24-18-10-6-5-9-17(16)18/h2-10,13,19-20,24H,11-12H2,1H3,(H2,23,28)(H,25,27)(H,26,29)/t19-,20-/m0/s1. The Kier molecular flexibility index (Phi) is 6.29. The van der Waals surface area contributed by atoms with E-state index in [-0.39, 0.29) is 12.3 Å². The maximum atomic E-state index is 12.8. The molecule has 3 amide bonds. The number of nitrogens with two attached hydrogens (primary N) is 1. The van der Waals surface area contributed by atoms with Crippen molar-refractivity contribution in [2.24, 2.45) is 5.73 Å². The molecule has 3 rings (SSSR count). The van der Waals surface area contributed by atoms with E-state index in [0.29, 0.717) is 6.42 Å². The summed E-state index contributed by atoms with van der Waals surface area (Å²) < 4.78 is 0. The van der Waals surface area contributed by atoms with Gasteiger partial charge in [-0.15, -0.1) is 0 Å². The minimum absolute atomic E-state index is 0.253. The molecule has 0 aliphatic heterocycles. The molecule has 150 valence electrons. The van der Waals surface area contributed by atoms with Crippen molar-refractivity contribution in [1.29, 1.82) is 0 Å². The lowest BCUT2D eigenvalue weighted by molar-refractivity contribution is -0.130. The van der Waals surface area contributed by atoms with Crippen molar-refractivity contribution in [1.82, 2.24) is 15.6 Å². The number of aromatic nitrogens is 1. The molecule has 0 bridgehead atoms. The van der Waals surface area contributed by atoms with E-state index in [2.05, 4.69) is 15.6 Å². The van der Waals surface area contributed by atoms with Crippen molar-refractivity contribution >= 4 is 28.6 Å². The van der Waals surface area contributed by atoms with Gasteiger partial charge in [0, 0.05) is 36.9 Å². The number of aromatic amines is 1. The van der Waals surface area contributed by atoms with Gasteiger partial charge < -0.3 is 21.4 Å². The predicted molar refractivity (Wildman–Crippen MR) is 111 cm³/mol. The normalized spacial score (nSPS) is 12.9. The van der Waals surface area contributed by atoms with Gasteiger partial charge in [0.25, 0.3) is 0 Å². The number of hydrogen-bond donors (Lipinski definition) is 4. The highest BCUT2D eigenvalue weighted by atomic mass is 16.2. The topological polar surface area (TPSA) is 117 Å². The zero-order valence-corrected chi connectivity index (χ0v) is 16.1. The van der Waals surface area contributed by atoms with Gasteiger partial charge in [0.15, 0.2) is 0 Å². The molecule has 7 heteroatoms. The fourth-order valence-electron chi connectivity index (χ4n) is 3.32. The summed E-state index contributed by atoms with van der Waals surface area (Å²) in [7, 11) is 0. The highest BCUT2D eigenvalue weighted by Crippen LogP contribution is 2.19. The van der Waals surface area contributed by atoms with Crippen LogP contribution in [0, 0.1) is 0 Å². The molecule has 0 saturated heterocycles. The van der Waals surface area contributed by atoms with Crippen molar-refractivity contribution in [3.8, 4) is 0 Å². The molecule has 2 aromatic carbocycles. The predicted octanol–water partition coefficient (Wildman–Crippen LogP) is 1.43. The van der Waals surface area contributed by atoms with E-state index in [1.54, 1.807) is 0 Å². The number of primary amides is 1. The fourth-order valence-corrected chi connectivity index (χ4v) is 3.32. The zero-order valence-electron chi connectivity index (χ0n) is 16.1. The molecule has 2 atom stereocenters. The van der Waals surface area contributed by atoms with E-state index < -0.39 is 23.9 Å². The maximum absolute atomic E-state index is 12.8. The highest BCUT2D eigenvalue weighted by Gasteiger charge is 2.26. The lowest BCUT2D eigenvalue weighted by Crippen LogP contribution is -2.54. The summed E-state index contributed by atoms with van der Waals surface area (Å²) >= 11 is 0. The molecule has 0 saturated carbocycles. The van der Waals surface area contributed by atoms with Gasteiger partial charge in [-0.25, -0.2) is 0 Å². The Morgan fingerprint density at radius 2 is 1.62 bits per heavy atom. The molecule has 29 heavy (non-hydrogen) atoms. The summed E-state index contributed by atoms with van der Waals surface area (Å²) in [5.41, 5.74) is 8.27. The molecular weight excluding hydrogens is 368 g/mol. The number of benzene rings is 2. The average molecular weight is 392 g/mol. The number of carbonyl (C=O) groups is 3. The van der Waals surface area contributed by atoms with Crippen molar-refractivity contribution in [2.45, 2.75) is 31.8 Å². The van der Waals surface area contributed by atoms with Gasteiger partial charge in [0.1, 0.15) is 12.1 Å². The minimum atomic E-state index is -0.895. The second-order valence-electron chi connectivity index (χ2n) is 6.97. The third kappa shape index (κ3) is 5.22. The van der Waals surface area contributed by atoms with Crippen LogP contribution in [0.3, 0.4) is 0 Å². The summed E-state index contributed by atoms with van der Waals surface area (Å²) in [6, 6.07) is 15.3. The molecule has 0 aliphatic carbocycles. The summed E-state index contributed by atoms with van der Waals surface area (Å²) in [4.78, 5) is 39.6. The molecule has 3 aromatic rings. The number of carbonyl (C=O) groups excluding carboxylic acids is 3. The third-order valence-corrected chi connectivity index (χ3v) is 4.74.